The molecule has 14 nitrogen and oxygen atoms in total. The van der Waals surface area contributed by atoms with E-state index in [1.807, 2.05) is 6.92 Å². The van der Waals surface area contributed by atoms with Gasteiger partial charge in [-0.15, -0.1) is 0 Å². The second-order valence-corrected chi connectivity index (χ2v) is 14.2. The number of nitrogens with zero attached hydrogens (tertiary/aromatic N) is 1. The smallest absolute Gasteiger partial charge is 0.409 e. The molecule has 3 aliphatic heterocycles. The van der Waals surface area contributed by atoms with Crippen LogP contribution in [0, 0.1) is 11.8 Å². The van der Waals surface area contributed by atoms with Crippen LogP contribution in [-0.4, -0.2) is 99.1 Å². The van der Waals surface area contributed by atoms with E-state index in [0.29, 0.717) is 17.0 Å². The van der Waals surface area contributed by atoms with Crippen LogP contribution in [0.4, 0.5) is 10.5 Å². The Balaban J connectivity index is 1.82. The lowest BCUT2D eigenvalue weighted by molar-refractivity contribution is -0.157. The molecular weight excluding hydrogens is 686 g/mol. The number of hydrogen-bond donors (Lipinski definition) is 3. The van der Waals surface area contributed by atoms with Gasteiger partial charge in [0.2, 0.25) is 11.8 Å². The first kappa shape index (κ1) is 40.1. The van der Waals surface area contributed by atoms with Gasteiger partial charge in [0.25, 0.3) is 0 Å². The van der Waals surface area contributed by atoms with Gasteiger partial charge in [-0.2, -0.15) is 0 Å². The third kappa shape index (κ3) is 8.52. The van der Waals surface area contributed by atoms with Crippen LogP contribution in [0.1, 0.15) is 66.1 Å². The van der Waals surface area contributed by atoms with Crippen molar-refractivity contribution in [2.75, 3.05) is 33.3 Å². The minimum absolute atomic E-state index is 0.0728. The lowest BCUT2D eigenvalue weighted by Crippen LogP contribution is -2.63. The molecule has 0 radical (unpaired) electrons. The third-order valence-electron chi connectivity index (χ3n) is 9.86. The molecule has 1 aromatic carbocycles. The highest BCUT2D eigenvalue weighted by molar-refractivity contribution is 6.35. The molecule has 9 unspecified atom stereocenters. The number of halogens is 1. The highest BCUT2D eigenvalue weighted by atomic mass is 35.5. The summed E-state index contributed by atoms with van der Waals surface area (Å²) in [7, 11) is 5.95. The predicted molar refractivity (Wildman–Crippen MR) is 187 cm³/mol. The Morgan fingerprint density at radius 3 is 2.45 bits per heavy atom. The van der Waals surface area contributed by atoms with Gasteiger partial charge in [0.1, 0.15) is 46.8 Å². The van der Waals surface area contributed by atoms with Crippen LogP contribution in [-0.2, 0) is 38.1 Å². The number of benzene rings is 1. The molecule has 3 N–H and O–H groups in total. The minimum Gasteiger partial charge on any atom is -0.495 e. The van der Waals surface area contributed by atoms with Crippen LogP contribution in [0.2, 0.25) is 5.02 Å². The van der Waals surface area contributed by atoms with Gasteiger partial charge in [-0.3, -0.25) is 14.9 Å². The van der Waals surface area contributed by atoms with Crippen LogP contribution in [0.15, 0.2) is 35.9 Å². The standard InChI is InChI=1S/C36H50ClN3O11/c1-18(2)32(42)38-21(5)33(43)50-27-16-28(41)40(7)23-14-22(15-24(46-8)29(23)37)30(48-10)19(3)12-11-13-26(47-9)36(45)17-25(49-34(44)39-36)20(4)31-35(27,6)51-31/h11-15,18,20-21,25-27,30-31,45H,16-17H2,1-10H3,(H,38,42)(H,39,44)/b13-11+,19-12+. The number of methoxy groups -OCH3 is 3. The normalized spacial score (nSPS) is 33.5. The van der Waals surface area contributed by atoms with E-state index in [-0.39, 0.29) is 29.7 Å². The van der Waals surface area contributed by atoms with Gasteiger partial charge in [0.05, 0.1) is 25.3 Å². The molecule has 51 heavy (non-hydrogen) atoms. The summed E-state index contributed by atoms with van der Waals surface area (Å²) in [5, 5.41) is 17.0. The number of carbonyl (C=O) groups excluding carboxylic acids is 4. The number of ether oxygens (including phenoxy) is 6. The highest BCUT2D eigenvalue weighted by Crippen LogP contribution is 2.49. The molecule has 9 atom stereocenters. The van der Waals surface area contributed by atoms with Crippen LogP contribution in [0.25, 0.3) is 0 Å². The van der Waals surface area contributed by atoms with Crippen molar-refractivity contribution in [3.8, 4) is 5.75 Å². The van der Waals surface area contributed by atoms with Crippen molar-refractivity contribution >= 4 is 41.2 Å². The van der Waals surface area contributed by atoms with Crippen molar-refractivity contribution in [1.29, 1.82) is 0 Å². The fourth-order valence-electron chi connectivity index (χ4n) is 6.58. The molecule has 0 aromatic heterocycles. The predicted octanol–water partition coefficient (Wildman–Crippen LogP) is 3.97. The molecule has 4 rings (SSSR count). The van der Waals surface area contributed by atoms with Gasteiger partial charge in [0.15, 0.2) is 5.72 Å². The Bertz CT molecular complexity index is 1570. The summed E-state index contributed by atoms with van der Waals surface area (Å²) in [6, 6.07) is 2.40. The number of aliphatic hydroxyl groups is 1. The molecule has 4 bridgehead atoms. The molecule has 15 heteroatoms. The van der Waals surface area contributed by atoms with E-state index in [1.54, 1.807) is 65.1 Å². The molecule has 3 aliphatic rings. The fourth-order valence-corrected chi connectivity index (χ4v) is 6.89. The maximum absolute atomic E-state index is 14.1. The lowest BCUT2D eigenvalue weighted by Gasteiger charge is -2.42. The van der Waals surface area contributed by atoms with E-state index >= 15 is 0 Å². The minimum atomic E-state index is -1.86. The Labute approximate surface area is 303 Å². The van der Waals surface area contributed by atoms with E-state index in [4.69, 9.17) is 40.0 Å². The summed E-state index contributed by atoms with van der Waals surface area (Å²) in [4.78, 5) is 54.1. The van der Waals surface area contributed by atoms with Crippen LogP contribution in [0.3, 0.4) is 0 Å². The van der Waals surface area contributed by atoms with Gasteiger partial charge in [-0.25, -0.2) is 9.59 Å². The van der Waals surface area contributed by atoms with Crippen LogP contribution < -0.4 is 20.3 Å². The SMILES string of the molecule is COc1cc2cc(c1Cl)N(C)C(=O)CC(OC(=O)C(C)NC(=O)C(C)C)C1(C)OC1C(C)C1CC(O)(NC(=O)O1)C(OC)/C=C/C=C(\C)C2OC. The molecule has 2 saturated heterocycles. The molecule has 282 valence electrons. The van der Waals surface area contributed by atoms with E-state index in [9.17, 15) is 24.3 Å². The molecule has 0 aliphatic carbocycles. The summed E-state index contributed by atoms with van der Waals surface area (Å²) in [5.41, 5.74) is -1.39. The Morgan fingerprint density at radius 2 is 1.84 bits per heavy atom. The molecule has 2 fully saturated rings. The van der Waals surface area contributed by atoms with Crippen molar-refractivity contribution in [2.24, 2.45) is 11.8 Å². The van der Waals surface area contributed by atoms with Crippen molar-refractivity contribution in [3.63, 3.8) is 0 Å². The zero-order valence-electron chi connectivity index (χ0n) is 30.8. The van der Waals surface area contributed by atoms with E-state index in [1.165, 1.54) is 33.2 Å². The van der Waals surface area contributed by atoms with Gasteiger partial charge in [-0.1, -0.05) is 50.6 Å². The summed E-state index contributed by atoms with van der Waals surface area (Å²) < 4.78 is 34.9. The monoisotopic (exact) mass is 735 g/mol. The molecule has 0 spiro atoms. The molecular formula is C36H50ClN3O11. The number of rotatable bonds is 7. The molecule has 3 heterocycles. The maximum atomic E-state index is 14.1. The van der Waals surface area contributed by atoms with Crippen LogP contribution in [0.5, 0.6) is 5.75 Å². The molecule has 0 saturated carbocycles. The van der Waals surface area contributed by atoms with Crippen molar-refractivity contribution in [1.82, 2.24) is 10.6 Å². The fraction of sp³-hybridized carbons (Fsp3) is 0.611. The first-order valence-electron chi connectivity index (χ1n) is 16.8. The first-order chi connectivity index (χ1) is 23.9. The average Bonchev–Trinajstić information content (AvgIpc) is 3.77. The number of fused-ring (bicyclic) bond motifs is 5. The largest absolute Gasteiger partial charge is 0.495 e. The summed E-state index contributed by atoms with van der Waals surface area (Å²) in [6.07, 6.45) is -0.457. The number of epoxide rings is 1. The summed E-state index contributed by atoms with van der Waals surface area (Å²) in [6.45, 7) is 10.2. The highest BCUT2D eigenvalue weighted by Gasteiger charge is 2.64. The van der Waals surface area contributed by atoms with Crippen molar-refractivity contribution in [3.05, 3.63) is 46.5 Å². The third-order valence-corrected chi connectivity index (χ3v) is 10.2. The van der Waals surface area contributed by atoms with E-state index in [0.717, 1.165) is 5.57 Å². The Kier molecular flexibility index (Phi) is 12.5. The second kappa shape index (κ2) is 15.9. The zero-order chi connectivity index (χ0) is 38.0. The second-order valence-electron chi connectivity index (χ2n) is 13.9. The number of alkyl carbamates (subject to hydrolysis) is 1. The van der Waals surface area contributed by atoms with Crippen molar-refractivity contribution < 1.29 is 52.7 Å². The van der Waals surface area contributed by atoms with Gasteiger partial charge in [0, 0.05) is 39.5 Å². The topological polar surface area (TPSA) is 174 Å². The van der Waals surface area contributed by atoms with Gasteiger partial charge < -0.3 is 43.7 Å². The van der Waals surface area contributed by atoms with E-state index < -0.39 is 71.8 Å². The first-order valence-corrected chi connectivity index (χ1v) is 17.2. The number of hydrogen-bond acceptors (Lipinski definition) is 11. The Morgan fingerprint density at radius 1 is 1.16 bits per heavy atom. The zero-order valence-corrected chi connectivity index (χ0v) is 31.5. The lowest BCUT2D eigenvalue weighted by atomic mass is 9.83. The number of esters is 1. The summed E-state index contributed by atoms with van der Waals surface area (Å²) in [5.74, 6) is -2.20. The van der Waals surface area contributed by atoms with E-state index in [2.05, 4.69) is 10.6 Å². The number of carbonyl (C=O) groups is 4. The van der Waals surface area contributed by atoms with Gasteiger partial charge in [-0.05, 0) is 44.0 Å². The average molecular weight is 736 g/mol. The van der Waals surface area contributed by atoms with Gasteiger partial charge >= 0.3 is 12.1 Å². The van der Waals surface area contributed by atoms with Crippen molar-refractivity contribution in [2.45, 2.75) is 102 Å². The number of amides is 3. The maximum Gasteiger partial charge on any atom is 0.409 e. The Hall–Kier alpha value is -3.69. The quantitative estimate of drug-likeness (QED) is 0.273. The molecule has 1 aromatic rings. The number of anilines is 1. The number of nitrogens with one attached hydrogen (secondary N) is 2. The number of allylic oxidation sites excluding steroid dienone is 2. The summed E-state index contributed by atoms with van der Waals surface area (Å²) >= 11 is 6.77. The molecule has 3 amide bonds. The van der Waals surface area contributed by atoms with Crippen LogP contribution >= 0.6 is 11.6 Å².